The first kappa shape index (κ1) is 14.3. The van der Waals surface area contributed by atoms with Crippen molar-refractivity contribution in [2.75, 3.05) is 37.7 Å². The maximum Gasteiger partial charge on any atom is 0.124 e. The van der Waals surface area contributed by atoms with E-state index in [1.165, 1.54) is 30.7 Å². The van der Waals surface area contributed by atoms with Gasteiger partial charge in [0.15, 0.2) is 0 Å². The Bertz CT molecular complexity index is 363. The van der Waals surface area contributed by atoms with Crippen molar-refractivity contribution in [3.8, 4) is 0 Å². The predicted octanol–water partition coefficient (Wildman–Crippen LogP) is 2.73. The fourth-order valence-electron chi connectivity index (χ4n) is 2.01. The lowest BCUT2D eigenvalue weighted by atomic mass is 10.2. The summed E-state index contributed by atoms with van der Waals surface area (Å²) in [5.41, 5.74) is 0.982. The van der Waals surface area contributed by atoms with Crippen molar-refractivity contribution in [2.24, 2.45) is 0 Å². The third-order valence-electron chi connectivity index (χ3n) is 2.96. The number of halogens is 2. The van der Waals surface area contributed by atoms with Gasteiger partial charge in [0.25, 0.3) is 0 Å². The van der Waals surface area contributed by atoms with E-state index in [9.17, 15) is 4.39 Å². The molecule has 0 spiro atoms. The molecule has 100 valence electrons. The Balaban J connectivity index is 1.68. The molecule has 0 aliphatic carbocycles. The minimum absolute atomic E-state index is 0.186. The molecule has 1 heterocycles. The summed E-state index contributed by atoms with van der Waals surface area (Å²) in [6, 6.07) is 5.01. The summed E-state index contributed by atoms with van der Waals surface area (Å²) in [4.78, 5) is 2.48. The number of benzene rings is 1. The number of nitrogens with one attached hydrogen (secondary N) is 1. The first-order chi connectivity index (χ1) is 8.74. The Hall–Kier alpha value is -0.100. The fraction of sp³-hybridized carbons (Fsp3) is 0.538. The minimum atomic E-state index is -0.186. The summed E-state index contributed by atoms with van der Waals surface area (Å²) < 4.78 is 14.0. The van der Waals surface area contributed by atoms with E-state index in [2.05, 4.69) is 26.1 Å². The molecule has 2 rings (SSSR count). The summed E-state index contributed by atoms with van der Waals surface area (Å²) in [5.74, 6) is 2.31. The monoisotopic (exact) mass is 332 g/mol. The Morgan fingerprint density at radius 1 is 1.28 bits per heavy atom. The molecule has 1 aromatic carbocycles. The molecule has 1 aliphatic heterocycles. The van der Waals surface area contributed by atoms with Crippen LogP contribution >= 0.6 is 27.7 Å². The SMILES string of the molecule is Fc1cc(Br)cc(CNCCN2CCSCC2)c1. The van der Waals surface area contributed by atoms with E-state index in [1.807, 2.05) is 17.8 Å². The van der Waals surface area contributed by atoms with Crippen LogP contribution in [0.25, 0.3) is 0 Å². The van der Waals surface area contributed by atoms with E-state index in [0.717, 1.165) is 29.7 Å². The second-order valence-electron chi connectivity index (χ2n) is 4.41. The van der Waals surface area contributed by atoms with Crippen molar-refractivity contribution in [1.29, 1.82) is 0 Å². The normalized spacial score (nSPS) is 17.0. The van der Waals surface area contributed by atoms with Gasteiger partial charge in [-0.05, 0) is 23.8 Å². The van der Waals surface area contributed by atoms with Gasteiger partial charge in [0.1, 0.15) is 5.82 Å². The lowest BCUT2D eigenvalue weighted by molar-refractivity contribution is 0.301. The Labute approximate surface area is 120 Å². The van der Waals surface area contributed by atoms with Gasteiger partial charge in [0, 0.05) is 48.7 Å². The maximum atomic E-state index is 13.2. The minimum Gasteiger partial charge on any atom is -0.311 e. The van der Waals surface area contributed by atoms with Crippen LogP contribution in [0.3, 0.4) is 0 Å². The summed E-state index contributed by atoms with van der Waals surface area (Å²) in [6.07, 6.45) is 0. The average molecular weight is 333 g/mol. The van der Waals surface area contributed by atoms with Gasteiger partial charge in [-0.1, -0.05) is 15.9 Å². The second-order valence-corrected chi connectivity index (χ2v) is 6.55. The van der Waals surface area contributed by atoms with Crippen LogP contribution in [0.2, 0.25) is 0 Å². The van der Waals surface area contributed by atoms with Gasteiger partial charge in [0.2, 0.25) is 0 Å². The Morgan fingerprint density at radius 3 is 2.78 bits per heavy atom. The molecule has 1 fully saturated rings. The van der Waals surface area contributed by atoms with Gasteiger partial charge in [-0.15, -0.1) is 0 Å². The third kappa shape index (κ3) is 4.88. The summed E-state index contributed by atoms with van der Waals surface area (Å²) >= 11 is 5.34. The summed E-state index contributed by atoms with van der Waals surface area (Å²) in [6.45, 7) is 5.14. The van der Waals surface area contributed by atoms with Crippen LogP contribution in [0, 0.1) is 5.82 Å². The highest BCUT2D eigenvalue weighted by molar-refractivity contribution is 9.10. The van der Waals surface area contributed by atoms with Crippen LogP contribution in [-0.4, -0.2) is 42.6 Å². The molecular weight excluding hydrogens is 315 g/mol. The third-order valence-corrected chi connectivity index (χ3v) is 4.36. The highest BCUT2D eigenvalue weighted by Gasteiger charge is 2.09. The zero-order valence-electron chi connectivity index (χ0n) is 10.3. The van der Waals surface area contributed by atoms with Crippen molar-refractivity contribution in [3.05, 3.63) is 34.1 Å². The van der Waals surface area contributed by atoms with Crippen molar-refractivity contribution >= 4 is 27.7 Å². The summed E-state index contributed by atoms with van der Waals surface area (Å²) in [7, 11) is 0. The average Bonchev–Trinajstić information content (AvgIpc) is 2.35. The smallest absolute Gasteiger partial charge is 0.124 e. The predicted molar refractivity (Wildman–Crippen MR) is 79.6 cm³/mol. The molecule has 1 saturated heterocycles. The lowest BCUT2D eigenvalue weighted by Crippen LogP contribution is -2.37. The molecular formula is C13H18BrFN2S. The molecule has 0 saturated carbocycles. The Kier molecular flexibility index (Phi) is 5.95. The molecule has 0 aromatic heterocycles. The fourth-order valence-corrected chi connectivity index (χ4v) is 3.50. The van der Waals surface area contributed by atoms with Crippen LogP contribution in [0.15, 0.2) is 22.7 Å². The van der Waals surface area contributed by atoms with Crippen molar-refractivity contribution < 1.29 is 4.39 Å². The van der Waals surface area contributed by atoms with Crippen molar-refractivity contribution in [2.45, 2.75) is 6.54 Å². The molecule has 0 atom stereocenters. The van der Waals surface area contributed by atoms with Crippen molar-refractivity contribution in [3.63, 3.8) is 0 Å². The summed E-state index contributed by atoms with van der Waals surface area (Å²) in [5, 5.41) is 3.37. The molecule has 0 radical (unpaired) electrons. The zero-order chi connectivity index (χ0) is 12.8. The standard InChI is InChI=1S/C13H18BrFN2S/c14-12-7-11(8-13(15)9-12)10-16-1-2-17-3-5-18-6-4-17/h7-9,16H,1-6,10H2. The number of hydrogen-bond acceptors (Lipinski definition) is 3. The molecule has 0 bridgehead atoms. The Morgan fingerprint density at radius 2 is 2.06 bits per heavy atom. The van der Waals surface area contributed by atoms with Gasteiger partial charge >= 0.3 is 0 Å². The van der Waals surface area contributed by atoms with Gasteiger partial charge in [-0.2, -0.15) is 11.8 Å². The van der Waals surface area contributed by atoms with Gasteiger partial charge in [-0.3, -0.25) is 0 Å². The van der Waals surface area contributed by atoms with E-state index >= 15 is 0 Å². The molecule has 0 unspecified atom stereocenters. The highest BCUT2D eigenvalue weighted by atomic mass is 79.9. The quantitative estimate of drug-likeness (QED) is 0.834. The van der Waals surface area contributed by atoms with E-state index < -0.39 is 0 Å². The molecule has 1 N–H and O–H groups in total. The van der Waals surface area contributed by atoms with E-state index in [0.29, 0.717) is 0 Å². The highest BCUT2D eigenvalue weighted by Crippen LogP contribution is 2.14. The molecule has 0 amide bonds. The van der Waals surface area contributed by atoms with Gasteiger partial charge < -0.3 is 10.2 Å². The van der Waals surface area contributed by atoms with Crippen LogP contribution in [0.4, 0.5) is 4.39 Å². The van der Waals surface area contributed by atoms with Crippen LogP contribution < -0.4 is 5.32 Å². The first-order valence-electron chi connectivity index (χ1n) is 6.20. The molecule has 2 nitrogen and oxygen atoms in total. The lowest BCUT2D eigenvalue weighted by Gasteiger charge is -2.26. The number of hydrogen-bond donors (Lipinski definition) is 1. The number of nitrogens with zero attached hydrogens (tertiary/aromatic N) is 1. The van der Waals surface area contributed by atoms with Gasteiger partial charge in [0.05, 0.1) is 0 Å². The van der Waals surface area contributed by atoms with E-state index in [1.54, 1.807) is 6.07 Å². The molecule has 1 aliphatic rings. The van der Waals surface area contributed by atoms with Crippen LogP contribution in [-0.2, 0) is 6.54 Å². The molecule has 5 heteroatoms. The van der Waals surface area contributed by atoms with Crippen LogP contribution in [0.5, 0.6) is 0 Å². The van der Waals surface area contributed by atoms with Crippen molar-refractivity contribution in [1.82, 2.24) is 10.2 Å². The molecule has 18 heavy (non-hydrogen) atoms. The maximum absolute atomic E-state index is 13.2. The first-order valence-corrected chi connectivity index (χ1v) is 8.14. The van der Waals surface area contributed by atoms with E-state index in [4.69, 9.17) is 0 Å². The number of rotatable bonds is 5. The zero-order valence-corrected chi connectivity index (χ0v) is 12.7. The molecule has 1 aromatic rings. The second kappa shape index (κ2) is 7.48. The topological polar surface area (TPSA) is 15.3 Å². The van der Waals surface area contributed by atoms with Crippen LogP contribution in [0.1, 0.15) is 5.56 Å². The van der Waals surface area contributed by atoms with E-state index in [-0.39, 0.29) is 5.82 Å². The van der Waals surface area contributed by atoms with Gasteiger partial charge in [-0.25, -0.2) is 4.39 Å². The number of thioether (sulfide) groups is 1. The largest absolute Gasteiger partial charge is 0.311 e.